The highest BCUT2D eigenvalue weighted by atomic mass is 19.1. The fourth-order valence-electron chi connectivity index (χ4n) is 2.60. The molecule has 1 saturated heterocycles. The zero-order valence-corrected chi connectivity index (χ0v) is 12.3. The summed E-state index contributed by atoms with van der Waals surface area (Å²) in [6.45, 7) is 7.17. The van der Waals surface area contributed by atoms with Crippen LogP contribution in [0.5, 0.6) is 0 Å². The molecule has 20 heavy (non-hydrogen) atoms. The van der Waals surface area contributed by atoms with Crippen LogP contribution >= 0.6 is 0 Å². The van der Waals surface area contributed by atoms with E-state index in [0.29, 0.717) is 18.4 Å². The van der Waals surface area contributed by atoms with E-state index < -0.39 is 0 Å². The van der Waals surface area contributed by atoms with Gasteiger partial charge in [-0.15, -0.1) is 0 Å². The molecular formula is C16H23FN2O. The topological polar surface area (TPSA) is 32.3 Å². The first-order chi connectivity index (χ1) is 9.58. The van der Waals surface area contributed by atoms with Crippen LogP contribution < -0.4 is 5.32 Å². The Morgan fingerprint density at radius 2 is 2.10 bits per heavy atom. The predicted octanol–water partition coefficient (Wildman–Crippen LogP) is 2.45. The number of nitrogens with one attached hydrogen (secondary N) is 1. The Balaban J connectivity index is 1.87. The normalized spacial score (nSPS) is 17.1. The van der Waals surface area contributed by atoms with E-state index in [2.05, 4.69) is 5.32 Å². The van der Waals surface area contributed by atoms with Gasteiger partial charge in [-0.3, -0.25) is 4.79 Å². The lowest BCUT2D eigenvalue weighted by atomic mass is 9.94. The van der Waals surface area contributed by atoms with Crippen LogP contribution in [0.15, 0.2) is 18.2 Å². The van der Waals surface area contributed by atoms with E-state index >= 15 is 0 Å². The van der Waals surface area contributed by atoms with E-state index in [9.17, 15) is 9.18 Å². The maximum absolute atomic E-state index is 13.9. The zero-order chi connectivity index (χ0) is 14.5. The van der Waals surface area contributed by atoms with Crippen molar-refractivity contribution in [2.24, 2.45) is 0 Å². The van der Waals surface area contributed by atoms with Gasteiger partial charge < -0.3 is 10.2 Å². The van der Waals surface area contributed by atoms with Gasteiger partial charge in [0.15, 0.2) is 0 Å². The second kappa shape index (κ2) is 6.84. The van der Waals surface area contributed by atoms with E-state index in [1.807, 2.05) is 30.9 Å². The van der Waals surface area contributed by atoms with E-state index in [1.54, 1.807) is 6.07 Å². The van der Waals surface area contributed by atoms with Crippen molar-refractivity contribution in [3.8, 4) is 0 Å². The smallest absolute Gasteiger partial charge is 0.222 e. The summed E-state index contributed by atoms with van der Waals surface area (Å²) in [6.07, 6.45) is 1.19. The van der Waals surface area contributed by atoms with Crippen LogP contribution in [0.3, 0.4) is 0 Å². The monoisotopic (exact) mass is 278 g/mol. The molecule has 0 spiro atoms. The molecule has 1 N–H and O–H groups in total. The second-order valence-corrected chi connectivity index (χ2v) is 5.60. The van der Waals surface area contributed by atoms with Gasteiger partial charge >= 0.3 is 0 Å². The molecule has 1 atom stereocenters. The summed E-state index contributed by atoms with van der Waals surface area (Å²) < 4.78 is 13.9. The average molecular weight is 278 g/mol. The van der Waals surface area contributed by atoms with Crippen molar-refractivity contribution in [3.05, 3.63) is 35.1 Å². The summed E-state index contributed by atoms with van der Waals surface area (Å²) in [5.74, 6) is 0.0976. The molecule has 1 aromatic carbocycles. The fourth-order valence-corrected chi connectivity index (χ4v) is 2.60. The summed E-state index contributed by atoms with van der Waals surface area (Å²) in [6, 6.07) is 5.32. The van der Waals surface area contributed by atoms with Gasteiger partial charge in [-0.2, -0.15) is 0 Å². The number of hydrogen-bond acceptors (Lipinski definition) is 2. The SMILES string of the molecule is Cc1ccc(C(C)CCC(=O)N2CCNCC2)c(F)c1. The van der Waals surface area contributed by atoms with Crippen molar-refractivity contribution < 1.29 is 9.18 Å². The third kappa shape index (κ3) is 3.79. The molecule has 1 unspecified atom stereocenters. The zero-order valence-electron chi connectivity index (χ0n) is 12.3. The van der Waals surface area contributed by atoms with Gasteiger partial charge in [0.25, 0.3) is 0 Å². The number of aryl methyl sites for hydroxylation is 1. The molecule has 3 nitrogen and oxygen atoms in total. The van der Waals surface area contributed by atoms with E-state index in [1.165, 1.54) is 0 Å². The Kier molecular flexibility index (Phi) is 5.12. The Morgan fingerprint density at radius 1 is 1.40 bits per heavy atom. The lowest BCUT2D eigenvalue weighted by Gasteiger charge is -2.28. The minimum atomic E-state index is -0.160. The molecule has 1 aromatic rings. The first kappa shape index (κ1) is 15.0. The first-order valence-corrected chi connectivity index (χ1v) is 7.32. The van der Waals surface area contributed by atoms with Gasteiger partial charge in [0, 0.05) is 32.6 Å². The number of piperazine rings is 1. The average Bonchev–Trinajstić information content (AvgIpc) is 2.45. The molecule has 110 valence electrons. The van der Waals surface area contributed by atoms with Gasteiger partial charge in [-0.05, 0) is 36.5 Å². The minimum absolute atomic E-state index is 0.0717. The summed E-state index contributed by atoms with van der Waals surface area (Å²) in [7, 11) is 0. The molecule has 0 aliphatic carbocycles. The van der Waals surface area contributed by atoms with Gasteiger partial charge in [0.2, 0.25) is 5.91 Å². The van der Waals surface area contributed by atoms with Crippen molar-refractivity contribution in [2.75, 3.05) is 26.2 Å². The van der Waals surface area contributed by atoms with Crippen molar-refractivity contribution >= 4 is 5.91 Å². The van der Waals surface area contributed by atoms with Crippen LogP contribution in [0.25, 0.3) is 0 Å². The van der Waals surface area contributed by atoms with Crippen LogP contribution in [-0.2, 0) is 4.79 Å². The van der Waals surface area contributed by atoms with Gasteiger partial charge in [-0.25, -0.2) is 4.39 Å². The number of nitrogens with zero attached hydrogens (tertiary/aromatic N) is 1. The Labute approximate surface area is 120 Å². The summed E-state index contributed by atoms with van der Waals surface area (Å²) in [4.78, 5) is 14.0. The number of carbonyl (C=O) groups excluding carboxylic acids is 1. The van der Waals surface area contributed by atoms with Crippen LogP contribution in [0.1, 0.15) is 36.8 Å². The molecule has 1 fully saturated rings. The largest absolute Gasteiger partial charge is 0.340 e. The van der Waals surface area contributed by atoms with E-state index in [4.69, 9.17) is 0 Å². The molecule has 0 bridgehead atoms. The lowest BCUT2D eigenvalue weighted by Crippen LogP contribution is -2.46. The summed E-state index contributed by atoms with van der Waals surface area (Å²) >= 11 is 0. The lowest BCUT2D eigenvalue weighted by molar-refractivity contribution is -0.131. The Hall–Kier alpha value is -1.42. The molecule has 1 heterocycles. The number of hydrogen-bond donors (Lipinski definition) is 1. The molecule has 1 aliphatic heterocycles. The predicted molar refractivity (Wildman–Crippen MR) is 78.2 cm³/mol. The molecule has 1 amide bonds. The van der Waals surface area contributed by atoms with Crippen LogP contribution in [-0.4, -0.2) is 37.0 Å². The highest BCUT2D eigenvalue weighted by Crippen LogP contribution is 2.24. The van der Waals surface area contributed by atoms with Crippen LogP contribution in [0, 0.1) is 12.7 Å². The highest BCUT2D eigenvalue weighted by Gasteiger charge is 2.18. The quantitative estimate of drug-likeness (QED) is 0.917. The number of benzene rings is 1. The number of amides is 1. The maximum Gasteiger partial charge on any atom is 0.222 e. The molecule has 0 aromatic heterocycles. The molecule has 0 saturated carbocycles. The third-order valence-electron chi connectivity index (χ3n) is 3.95. The fraction of sp³-hybridized carbons (Fsp3) is 0.562. The molecule has 0 radical (unpaired) electrons. The minimum Gasteiger partial charge on any atom is -0.340 e. The summed E-state index contributed by atoms with van der Waals surface area (Å²) in [5, 5.41) is 3.23. The van der Waals surface area contributed by atoms with E-state index in [-0.39, 0.29) is 17.6 Å². The Morgan fingerprint density at radius 3 is 2.75 bits per heavy atom. The number of carbonyl (C=O) groups is 1. The summed E-state index contributed by atoms with van der Waals surface area (Å²) in [5.41, 5.74) is 1.64. The number of halogens is 1. The molecule has 1 aliphatic rings. The van der Waals surface area contributed by atoms with Crippen molar-refractivity contribution in [2.45, 2.75) is 32.6 Å². The van der Waals surface area contributed by atoms with Crippen molar-refractivity contribution in [3.63, 3.8) is 0 Å². The second-order valence-electron chi connectivity index (χ2n) is 5.60. The highest BCUT2D eigenvalue weighted by molar-refractivity contribution is 5.76. The van der Waals surface area contributed by atoms with Crippen LogP contribution in [0.4, 0.5) is 4.39 Å². The Bertz CT molecular complexity index is 470. The van der Waals surface area contributed by atoms with Gasteiger partial charge in [0.05, 0.1) is 0 Å². The van der Waals surface area contributed by atoms with Gasteiger partial charge in [-0.1, -0.05) is 19.1 Å². The van der Waals surface area contributed by atoms with Gasteiger partial charge in [0.1, 0.15) is 5.82 Å². The molecule has 4 heteroatoms. The van der Waals surface area contributed by atoms with Crippen molar-refractivity contribution in [1.82, 2.24) is 10.2 Å². The molecular weight excluding hydrogens is 255 g/mol. The standard InChI is InChI=1S/C16H23FN2O/c1-12-3-5-14(15(17)11-12)13(2)4-6-16(20)19-9-7-18-8-10-19/h3,5,11,13,18H,4,6-10H2,1-2H3. The molecule has 2 rings (SSSR count). The first-order valence-electron chi connectivity index (χ1n) is 7.32. The maximum atomic E-state index is 13.9. The number of rotatable bonds is 4. The van der Waals surface area contributed by atoms with Crippen LogP contribution in [0.2, 0.25) is 0 Å². The van der Waals surface area contributed by atoms with Crippen molar-refractivity contribution in [1.29, 1.82) is 0 Å². The third-order valence-corrected chi connectivity index (χ3v) is 3.95. The van der Waals surface area contributed by atoms with E-state index in [0.717, 1.165) is 31.7 Å².